The van der Waals surface area contributed by atoms with E-state index >= 15 is 0 Å². The average molecular weight is 277 g/mol. The minimum Gasteiger partial charge on any atom is -0.481 e. The van der Waals surface area contributed by atoms with Crippen LogP contribution < -0.4 is 5.32 Å². The van der Waals surface area contributed by atoms with Gasteiger partial charge in [0, 0.05) is 12.0 Å². The second-order valence-corrected chi connectivity index (χ2v) is 7.42. The fraction of sp³-hybridized carbons (Fsp3) is 0.875. The van der Waals surface area contributed by atoms with Gasteiger partial charge in [-0.3, -0.25) is 9.59 Å². The Kier molecular flexibility index (Phi) is 2.83. The summed E-state index contributed by atoms with van der Waals surface area (Å²) in [7, 11) is 0. The molecule has 4 fully saturated rings. The van der Waals surface area contributed by atoms with Crippen LogP contribution >= 0.6 is 0 Å². The normalized spacial score (nSPS) is 48.7. The molecule has 6 unspecified atom stereocenters. The van der Waals surface area contributed by atoms with Crippen LogP contribution in [0.25, 0.3) is 0 Å². The van der Waals surface area contributed by atoms with Gasteiger partial charge in [-0.2, -0.15) is 0 Å². The second kappa shape index (κ2) is 4.47. The van der Waals surface area contributed by atoms with Crippen molar-refractivity contribution in [1.82, 2.24) is 5.32 Å². The summed E-state index contributed by atoms with van der Waals surface area (Å²) in [5, 5.41) is 12.4. The maximum atomic E-state index is 12.4. The van der Waals surface area contributed by atoms with Gasteiger partial charge >= 0.3 is 5.97 Å². The number of carboxylic acid groups (broad SMARTS) is 1. The topological polar surface area (TPSA) is 66.4 Å². The fourth-order valence-electron chi connectivity index (χ4n) is 5.45. The molecule has 4 nitrogen and oxygen atoms in total. The Hall–Kier alpha value is -1.06. The van der Waals surface area contributed by atoms with Gasteiger partial charge in [-0.1, -0.05) is 6.42 Å². The molecule has 0 aromatic rings. The van der Waals surface area contributed by atoms with Crippen LogP contribution in [0, 0.1) is 35.5 Å². The number of fused-ring (bicyclic) bond motifs is 5. The predicted molar refractivity (Wildman–Crippen MR) is 72.8 cm³/mol. The van der Waals surface area contributed by atoms with Crippen molar-refractivity contribution in [1.29, 1.82) is 0 Å². The predicted octanol–water partition coefficient (Wildman–Crippen LogP) is 2.04. The van der Waals surface area contributed by atoms with Gasteiger partial charge in [0.15, 0.2) is 0 Å². The number of nitrogens with one attached hydrogen (secondary N) is 1. The Morgan fingerprint density at radius 3 is 2.20 bits per heavy atom. The molecule has 2 bridgehead atoms. The monoisotopic (exact) mass is 277 g/mol. The molecule has 0 heterocycles. The van der Waals surface area contributed by atoms with E-state index in [4.69, 9.17) is 5.11 Å². The van der Waals surface area contributed by atoms with Gasteiger partial charge in [0.05, 0.1) is 5.92 Å². The molecule has 20 heavy (non-hydrogen) atoms. The van der Waals surface area contributed by atoms with Gasteiger partial charge in [-0.25, -0.2) is 0 Å². The highest BCUT2D eigenvalue weighted by molar-refractivity contribution is 5.81. The van der Waals surface area contributed by atoms with Crippen LogP contribution in [0.1, 0.15) is 44.9 Å². The Morgan fingerprint density at radius 2 is 1.55 bits per heavy atom. The number of hydrogen-bond donors (Lipinski definition) is 2. The summed E-state index contributed by atoms with van der Waals surface area (Å²) in [5.74, 6) is 2.28. The molecule has 4 heteroatoms. The van der Waals surface area contributed by atoms with Crippen LogP contribution in [0.4, 0.5) is 0 Å². The van der Waals surface area contributed by atoms with Crippen molar-refractivity contribution in [3.63, 3.8) is 0 Å². The fourth-order valence-corrected chi connectivity index (χ4v) is 5.45. The standard InChI is InChI=1S/C16H23NO3/c18-15(10-2-1-3-11(7-10)16(19)20)17-14-12-8-4-5-9(6-8)13(12)14/h8-14H,1-7H2,(H,17,18)(H,19,20). The third kappa shape index (κ3) is 1.87. The SMILES string of the molecule is O=C(O)C1CCCC(C(=O)NC2C3C4CCC(C4)C23)C1. The largest absolute Gasteiger partial charge is 0.481 e. The first-order valence-corrected chi connectivity index (χ1v) is 8.18. The van der Waals surface area contributed by atoms with Crippen molar-refractivity contribution in [2.24, 2.45) is 35.5 Å². The number of hydrogen-bond acceptors (Lipinski definition) is 2. The molecule has 0 aliphatic heterocycles. The number of carbonyl (C=O) groups is 2. The lowest BCUT2D eigenvalue weighted by molar-refractivity contribution is -0.144. The van der Waals surface area contributed by atoms with Crippen LogP contribution in [-0.4, -0.2) is 23.0 Å². The molecule has 2 N–H and O–H groups in total. The van der Waals surface area contributed by atoms with Crippen LogP contribution in [-0.2, 0) is 9.59 Å². The van der Waals surface area contributed by atoms with Crippen molar-refractivity contribution in [3.8, 4) is 0 Å². The molecular formula is C16H23NO3. The van der Waals surface area contributed by atoms with Crippen molar-refractivity contribution in [2.75, 3.05) is 0 Å². The first-order chi connectivity index (χ1) is 9.65. The van der Waals surface area contributed by atoms with Gasteiger partial charge in [0.1, 0.15) is 0 Å². The van der Waals surface area contributed by atoms with Crippen molar-refractivity contribution in [3.05, 3.63) is 0 Å². The quantitative estimate of drug-likeness (QED) is 0.829. The molecule has 4 aliphatic rings. The van der Waals surface area contributed by atoms with E-state index in [1.54, 1.807) is 0 Å². The summed E-state index contributed by atoms with van der Waals surface area (Å²) < 4.78 is 0. The first-order valence-electron chi connectivity index (χ1n) is 8.18. The molecule has 110 valence electrons. The summed E-state index contributed by atoms with van der Waals surface area (Å²) in [6.45, 7) is 0. The van der Waals surface area contributed by atoms with Gasteiger partial charge in [-0.15, -0.1) is 0 Å². The Bertz CT molecular complexity index is 433. The Morgan fingerprint density at radius 1 is 0.900 bits per heavy atom. The van der Waals surface area contributed by atoms with Crippen molar-refractivity contribution in [2.45, 2.75) is 51.0 Å². The Balaban J connectivity index is 1.34. The summed E-state index contributed by atoms with van der Waals surface area (Å²) >= 11 is 0. The van der Waals surface area contributed by atoms with E-state index in [9.17, 15) is 9.59 Å². The van der Waals surface area contributed by atoms with E-state index < -0.39 is 5.97 Å². The van der Waals surface area contributed by atoms with E-state index in [0.29, 0.717) is 12.5 Å². The smallest absolute Gasteiger partial charge is 0.306 e. The van der Waals surface area contributed by atoms with Gasteiger partial charge in [-0.05, 0) is 62.2 Å². The summed E-state index contributed by atoms with van der Waals surface area (Å²) in [6.07, 6.45) is 7.13. The third-order valence-corrected chi connectivity index (χ3v) is 6.44. The third-order valence-electron chi connectivity index (χ3n) is 6.44. The highest BCUT2D eigenvalue weighted by Crippen LogP contribution is 2.65. The number of aliphatic carboxylic acids is 1. The molecule has 4 rings (SSSR count). The maximum Gasteiger partial charge on any atom is 0.306 e. The van der Waals surface area contributed by atoms with Gasteiger partial charge in [0.25, 0.3) is 0 Å². The summed E-state index contributed by atoms with van der Waals surface area (Å²) in [6, 6.07) is 0.430. The zero-order chi connectivity index (χ0) is 13.9. The number of carboxylic acids is 1. The van der Waals surface area contributed by atoms with Gasteiger partial charge < -0.3 is 10.4 Å². The lowest BCUT2D eigenvalue weighted by Crippen LogP contribution is -2.38. The number of rotatable bonds is 3. The van der Waals surface area contributed by atoms with E-state index in [0.717, 1.165) is 42.9 Å². The zero-order valence-electron chi connectivity index (χ0n) is 11.8. The van der Waals surface area contributed by atoms with Crippen molar-refractivity contribution >= 4 is 11.9 Å². The van der Waals surface area contributed by atoms with Gasteiger partial charge in [0.2, 0.25) is 5.91 Å². The number of carbonyl (C=O) groups excluding carboxylic acids is 1. The first kappa shape index (κ1) is 12.7. The van der Waals surface area contributed by atoms with Crippen LogP contribution in [0.2, 0.25) is 0 Å². The van der Waals surface area contributed by atoms with E-state index in [2.05, 4.69) is 5.32 Å². The zero-order valence-corrected chi connectivity index (χ0v) is 11.8. The summed E-state index contributed by atoms with van der Waals surface area (Å²) in [5.41, 5.74) is 0. The molecular weight excluding hydrogens is 254 g/mol. The lowest BCUT2D eigenvalue weighted by Gasteiger charge is -2.26. The van der Waals surface area contributed by atoms with E-state index in [1.807, 2.05) is 0 Å². The molecule has 0 saturated heterocycles. The van der Waals surface area contributed by atoms with Crippen molar-refractivity contribution < 1.29 is 14.7 Å². The number of amides is 1. The summed E-state index contributed by atoms with van der Waals surface area (Å²) in [4.78, 5) is 23.5. The Labute approximate surface area is 119 Å². The molecule has 0 aromatic heterocycles. The highest BCUT2D eigenvalue weighted by atomic mass is 16.4. The maximum absolute atomic E-state index is 12.4. The average Bonchev–Trinajstić information content (AvgIpc) is 2.84. The minimum atomic E-state index is -0.733. The molecule has 0 spiro atoms. The lowest BCUT2D eigenvalue weighted by atomic mass is 9.81. The van der Waals surface area contributed by atoms with Crippen LogP contribution in [0.3, 0.4) is 0 Å². The minimum absolute atomic E-state index is 0.0659. The van der Waals surface area contributed by atoms with E-state index in [1.165, 1.54) is 19.3 Å². The molecule has 4 saturated carbocycles. The molecule has 1 amide bonds. The van der Waals surface area contributed by atoms with Crippen LogP contribution in [0.15, 0.2) is 0 Å². The highest BCUT2D eigenvalue weighted by Gasteiger charge is 2.65. The molecule has 0 aromatic carbocycles. The second-order valence-electron chi connectivity index (χ2n) is 7.42. The van der Waals surface area contributed by atoms with E-state index in [-0.39, 0.29) is 17.7 Å². The molecule has 6 atom stereocenters. The molecule has 4 aliphatic carbocycles. The molecule has 0 radical (unpaired) electrons. The van der Waals surface area contributed by atoms with Crippen LogP contribution in [0.5, 0.6) is 0 Å².